The molecule has 1 saturated carbocycles. The normalized spacial score (nSPS) is 31.7. The summed E-state index contributed by atoms with van der Waals surface area (Å²) in [5.41, 5.74) is -0.647. The van der Waals surface area contributed by atoms with Gasteiger partial charge in [-0.15, -0.1) is 0 Å². The van der Waals surface area contributed by atoms with Gasteiger partial charge in [0.2, 0.25) is 0 Å². The van der Waals surface area contributed by atoms with Gasteiger partial charge in [0, 0.05) is 19.1 Å². The van der Waals surface area contributed by atoms with Crippen molar-refractivity contribution in [3.05, 3.63) is 0 Å². The van der Waals surface area contributed by atoms with Crippen LogP contribution in [0, 0.1) is 17.8 Å². The van der Waals surface area contributed by atoms with Crippen molar-refractivity contribution in [1.29, 1.82) is 0 Å². The van der Waals surface area contributed by atoms with Gasteiger partial charge in [0.25, 0.3) is 0 Å². The highest BCUT2D eigenvalue weighted by atomic mass is 16.3. The van der Waals surface area contributed by atoms with E-state index in [2.05, 4.69) is 26.1 Å². The summed E-state index contributed by atoms with van der Waals surface area (Å²) >= 11 is 0. The third-order valence-electron chi connectivity index (χ3n) is 4.42. The Morgan fingerprint density at radius 1 is 1.32 bits per heavy atom. The summed E-state index contributed by atoms with van der Waals surface area (Å²) in [7, 11) is 4.02. The Morgan fingerprint density at radius 3 is 2.47 bits per heavy atom. The number of aliphatic hydroxyl groups is 1. The molecule has 4 unspecified atom stereocenters. The summed E-state index contributed by atoms with van der Waals surface area (Å²) in [5, 5.41) is 14.1. The Labute approximate surface area is 119 Å². The van der Waals surface area contributed by atoms with E-state index < -0.39 is 5.60 Å². The van der Waals surface area contributed by atoms with Crippen LogP contribution in [0.15, 0.2) is 0 Å². The zero-order chi connectivity index (χ0) is 14.6. The number of nitrogens with zero attached hydrogens (tertiary/aromatic N) is 1. The van der Waals surface area contributed by atoms with Crippen molar-refractivity contribution in [2.45, 2.75) is 58.6 Å². The highest BCUT2D eigenvalue weighted by molar-refractivity contribution is 4.88. The fraction of sp³-hybridized carbons (Fsp3) is 1.00. The number of hydrogen-bond donors (Lipinski definition) is 2. The largest absolute Gasteiger partial charge is 0.388 e. The van der Waals surface area contributed by atoms with E-state index in [0.29, 0.717) is 19.1 Å². The van der Waals surface area contributed by atoms with Gasteiger partial charge in [0.1, 0.15) is 0 Å². The molecule has 0 radical (unpaired) electrons. The summed E-state index contributed by atoms with van der Waals surface area (Å²) in [4.78, 5) is 2.05. The molecule has 0 aliphatic heterocycles. The van der Waals surface area contributed by atoms with Crippen LogP contribution in [0.25, 0.3) is 0 Å². The maximum absolute atomic E-state index is 10.4. The van der Waals surface area contributed by atoms with Gasteiger partial charge in [0.05, 0.1) is 5.60 Å². The van der Waals surface area contributed by atoms with E-state index in [-0.39, 0.29) is 0 Å². The summed E-state index contributed by atoms with van der Waals surface area (Å²) < 4.78 is 0. The Hall–Kier alpha value is -0.120. The van der Waals surface area contributed by atoms with Crippen molar-refractivity contribution in [1.82, 2.24) is 10.2 Å². The first-order valence-electron chi connectivity index (χ1n) is 7.82. The summed E-state index contributed by atoms with van der Waals surface area (Å²) in [6, 6.07) is 0.567. The smallest absolute Gasteiger partial charge is 0.0869 e. The quantitative estimate of drug-likeness (QED) is 0.778. The lowest BCUT2D eigenvalue weighted by molar-refractivity contribution is 0.0244. The van der Waals surface area contributed by atoms with Crippen LogP contribution in [0.4, 0.5) is 0 Å². The number of rotatable bonds is 6. The Bertz CT molecular complexity index is 263. The van der Waals surface area contributed by atoms with Crippen LogP contribution >= 0.6 is 0 Å². The molecule has 0 aromatic carbocycles. The second kappa shape index (κ2) is 7.05. The van der Waals surface area contributed by atoms with Gasteiger partial charge in [-0.05, 0) is 51.6 Å². The Balaban J connectivity index is 2.52. The molecule has 19 heavy (non-hydrogen) atoms. The number of hydrogen-bond acceptors (Lipinski definition) is 3. The summed E-state index contributed by atoms with van der Waals surface area (Å²) in [6.07, 6.45) is 3.93. The molecule has 1 aliphatic carbocycles. The van der Waals surface area contributed by atoms with Crippen molar-refractivity contribution >= 4 is 0 Å². The van der Waals surface area contributed by atoms with Gasteiger partial charge >= 0.3 is 0 Å². The van der Waals surface area contributed by atoms with E-state index in [1.807, 2.05) is 25.9 Å². The first-order chi connectivity index (χ1) is 8.71. The summed E-state index contributed by atoms with van der Waals surface area (Å²) in [6.45, 7) is 10.3. The topological polar surface area (TPSA) is 35.5 Å². The lowest BCUT2D eigenvalue weighted by Crippen LogP contribution is -2.51. The molecule has 114 valence electrons. The van der Waals surface area contributed by atoms with Crippen molar-refractivity contribution in [3.63, 3.8) is 0 Å². The predicted octanol–water partition coefficient (Wildman–Crippen LogP) is 2.35. The molecule has 2 N–H and O–H groups in total. The third kappa shape index (κ3) is 5.80. The fourth-order valence-electron chi connectivity index (χ4n) is 3.53. The molecule has 0 aromatic rings. The second-order valence-corrected chi connectivity index (χ2v) is 7.55. The molecule has 0 saturated heterocycles. The van der Waals surface area contributed by atoms with Crippen LogP contribution in [0.3, 0.4) is 0 Å². The second-order valence-electron chi connectivity index (χ2n) is 7.55. The minimum Gasteiger partial charge on any atom is -0.388 e. The molecule has 0 spiro atoms. The zero-order valence-electron chi connectivity index (χ0n) is 13.7. The van der Waals surface area contributed by atoms with Crippen LogP contribution in [-0.2, 0) is 0 Å². The van der Waals surface area contributed by atoms with Gasteiger partial charge < -0.3 is 15.3 Å². The Kier molecular flexibility index (Phi) is 6.28. The van der Waals surface area contributed by atoms with Crippen molar-refractivity contribution in [2.75, 3.05) is 27.2 Å². The standard InChI is InChI=1S/C16H34N2O/c1-12(2)14-8-7-13(3)9-15(14)17-10-16(4,19)11-18(5)6/h12-15,17,19H,7-11H2,1-6H3. The minimum absolute atomic E-state index is 0.567. The van der Waals surface area contributed by atoms with Gasteiger partial charge in [-0.25, -0.2) is 0 Å². The van der Waals surface area contributed by atoms with Crippen LogP contribution in [-0.4, -0.2) is 48.8 Å². The maximum Gasteiger partial charge on any atom is 0.0869 e. The van der Waals surface area contributed by atoms with E-state index in [1.165, 1.54) is 19.3 Å². The molecule has 0 bridgehead atoms. The SMILES string of the molecule is CC1CCC(C(C)C)C(NCC(C)(O)CN(C)C)C1. The lowest BCUT2D eigenvalue weighted by atomic mass is 9.74. The van der Waals surface area contributed by atoms with Crippen molar-refractivity contribution < 1.29 is 5.11 Å². The predicted molar refractivity (Wildman–Crippen MR) is 82.3 cm³/mol. The van der Waals surface area contributed by atoms with Gasteiger partial charge in [-0.2, -0.15) is 0 Å². The van der Waals surface area contributed by atoms with E-state index in [4.69, 9.17) is 0 Å². The highest BCUT2D eigenvalue weighted by Crippen LogP contribution is 2.33. The molecular formula is C16H34N2O. The van der Waals surface area contributed by atoms with E-state index in [1.54, 1.807) is 0 Å². The summed E-state index contributed by atoms with van der Waals surface area (Å²) in [5.74, 6) is 2.29. The van der Waals surface area contributed by atoms with Crippen LogP contribution in [0.2, 0.25) is 0 Å². The van der Waals surface area contributed by atoms with E-state index in [0.717, 1.165) is 17.8 Å². The molecule has 0 heterocycles. The van der Waals surface area contributed by atoms with Crippen molar-refractivity contribution in [3.8, 4) is 0 Å². The fourth-order valence-corrected chi connectivity index (χ4v) is 3.53. The molecular weight excluding hydrogens is 236 g/mol. The van der Waals surface area contributed by atoms with Gasteiger partial charge in [0.15, 0.2) is 0 Å². The lowest BCUT2D eigenvalue weighted by Gasteiger charge is -2.39. The van der Waals surface area contributed by atoms with Gasteiger partial charge in [-0.1, -0.05) is 27.2 Å². The number of nitrogens with one attached hydrogen (secondary N) is 1. The maximum atomic E-state index is 10.4. The Morgan fingerprint density at radius 2 is 1.95 bits per heavy atom. The molecule has 1 fully saturated rings. The molecule has 3 heteroatoms. The van der Waals surface area contributed by atoms with E-state index >= 15 is 0 Å². The van der Waals surface area contributed by atoms with Crippen LogP contribution in [0.1, 0.15) is 47.0 Å². The highest BCUT2D eigenvalue weighted by Gasteiger charge is 2.32. The average molecular weight is 270 g/mol. The third-order valence-corrected chi connectivity index (χ3v) is 4.42. The molecule has 0 aromatic heterocycles. The first kappa shape index (κ1) is 16.9. The molecule has 1 rings (SSSR count). The molecule has 3 nitrogen and oxygen atoms in total. The molecule has 4 atom stereocenters. The van der Waals surface area contributed by atoms with Gasteiger partial charge in [-0.3, -0.25) is 0 Å². The number of likely N-dealkylation sites (N-methyl/N-ethyl adjacent to an activating group) is 1. The monoisotopic (exact) mass is 270 g/mol. The molecule has 0 amide bonds. The minimum atomic E-state index is -0.647. The van der Waals surface area contributed by atoms with Crippen molar-refractivity contribution in [2.24, 2.45) is 17.8 Å². The zero-order valence-corrected chi connectivity index (χ0v) is 13.7. The van der Waals surface area contributed by atoms with Crippen LogP contribution < -0.4 is 5.32 Å². The van der Waals surface area contributed by atoms with E-state index in [9.17, 15) is 5.11 Å². The first-order valence-corrected chi connectivity index (χ1v) is 7.82. The van der Waals surface area contributed by atoms with Crippen LogP contribution in [0.5, 0.6) is 0 Å². The average Bonchev–Trinajstić information content (AvgIpc) is 2.24. The molecule has 1 aliphatic rings.